The monoisotopic (exact) mass is 318 g/mol. The van der Waals surface area contributed by atoms with Crippen molar-refractivity contribution in [3.8, 4) is 5.75 Å². The van der Waals surface area contributed by atoms with Crippen LogP contribution in [0.5, 0.6) is 5.75 Å². The molecule has 0 heterocycles. The Morgan fingerprint density at radius 2 is 1.65 bits per heavy atom. The Morgan fingerprint density at radius 3 is 2.09 bits per heavy atom. The summed E-state index contributed by atoms with van der Waals surface area (Å²) in [6.07, 6.45) is 1.86. The second-order valence-electron chi connectivity index (χ2n) is 7.56. The van der Waals surface area contributed by atoms with Crippen molar-refractivity contribution in [2.24, 2.45) is 0 Å². The summed E-state index contributed by atoms with van der Waals surface area (Å²) in [5, 5.41) is 0. The van der Waals surface area contributed by atoms with Crippen LogP contribution in [0.3, 0.4) is 0 Å². The van der Waals surface area contributed by atoms with Crippen molar-refractivity contribution < 1.29 is 9.53 Å². The molecule has 1 N–H and O–H groups in total. The average molecular weight is 318 g/mol. The molecule has 0 aromatic heterocycles. The van der Waals surface area contributed by atoms with Gasteiger partial charge in [-0.15, -0.1) is 0 Å². The zero-order valence-corrected chi connectivity index (χ0v) is 15.7. The van der Waals surface area contributed by atoms with Gasteiger partial charge < -0.3 is 4.74 Å². The van der Waals surface area contributed by atoms with E-state index < -0.39 is 12.0 Å². The van der Waals surface area contributed by atoms with E-state index in [0.29, 0.717) is 6.42 Å². The third-order valence-electron chi connectivity index (χ3n) is 5.19. The summed E-state index contributed by atoms with van der Waals surface area (Å²) in [6, 6.07) is 6.30. The van der Waals surface area contributed by atoms with Crippen LogP contribution in [0.15, 0.2) is 18.2 Å². The van der Waals surface area contributed by atoms with Gasteiger partial charge in [-0.25, -0.2) is 0 Å². The molecule has 1 atom stereocenters. The Kier molecular flexibility index (Phi) is 6.26. The van der Waals surface area contributed by atoms with Crippen LogP contribution >= 0.6 is 0 Å². The van der Waals surface area contributed by atoms with E-state index in [2.05, 4.69) is 53.7 Å². The van der Waals surface area contributed by atoms with Gasteiger partial charge >= 0.3 is 0 Å². The summed E-state index contributed by atoms with van der Waals surface area (Å²) in [7, 11) is 0. The van der Waals surface area contributed by atoms with Gasteiger partial charge in [-0.05, 0) is 41.7 Å². The summed E-state index contributed by atoms with van der Waals surface area (Å²) in [6.45, 7) is 15.1. The van der Waals surface area contributed by atoms with Gasteiger partial charge in [0.25, 0.3) is 5.91 Å². The highest BCUT2D eigenvalue weighted by Crippen LogP contribution is 2.38. The number of amides is 1. The number of benzene rings is 1. The van der Waals surface area contributed by atoms with E-state index in [1.165, 1.54) is 5.56 Å². The number of ether oxygens (including phenoxy) is 1. The maximum absolute atomic E-state index is 11.4. The van der Waals surface area contributed by atoms with E-state index >= 15 is 0 Å². The first-order valence-corrected chi connectivity index (χ1v) is 8.66. The van der Waals surface area contributed by atoms with Crippen molar-refractivity contribution in [2.45, 2.75) is 84.7 Å². The summed E-state index contributed by atoms with van der Waals surface area (Å²) in [4.78, 5) is 11.4. The number of nitrogens with one attached hydrogen (secondary N) is 1. The minimum absolute atomic E-state index is 0.0431. The van der Waals surface area contributed by atoms with Crippen molar-refractivity contribution in [3.63, 3.8) is 0 Å². The largest absolute Gasteiger partial charge is 0.480 e. The summed E-state index contributed by atoms with van der Waals surface area (Å²) in [5.74, 6) is 0.0747. The van der Waals surface area contributed by atoms with Gasteiger partial charge in [-0.1, -0.05) is 60.6 Å². The lowest BCUT2D eigenvalue weighted by molar-refractivity contribution is -0.125. The maximum atomic E-state index is 11.4. The Hall–Kier alpha value is -1.51. The van der Waals surface area contributed by atoms with Crippen LogP contribution in [0.2, 0.25) is 0 Å². The second-order valence-corrected chi connectivity index (χ2v) is 7.56. The molecule has 23 heavy (non-hydrogen) atoms. The molecule has 3 nitrogen and oxygen atoms in total. The van der Waals surface area contributed by atoms with Crippen molar-refractivity contribution in [2.75, 3.05) is 0 Å². The van der Waals surface area contributed by atoms with Gasteiger partial charge in [0.1, 0.15) is 5.75 Å². The molecule has 0 aliphatic carbocycles. The fraction of sp³-hybridized carbons (Fsp3) is 0.650. The minimum atomic E-state index is -0.688. The molecule has 0 fully saturated rings. The lowest BCUT2D eigenvalue weighted by atomic mass is 9.76. The van der Waals surface area contributed by atoms with E-state index in [-0.39, 0.29) is 10.8 Å². The van der Waals surface area contributed by atoms with Crippen LogP contribution in [-0.2, 0) is 15.6 Å². The molecule has 1 unspecified atom stereocenters. The van der Waals surface area contributed by atoms with Gasteiger partial charge in [0.15, 0.2) is 6.10 Å². The highest BCUT2D eigenvalue weighted by molar-refractivity contribution is 5.78. The molecule has 3 heteroatoms. The summed E-state index contributed by atoms with van der Waals surface area (Å²) >= 11 is 0. The Morgan fingerprint density at radius 1 is 1.09 bits per heavy atom. The molecular weight excluding hydrogens is 286 g/mol. The smallest absolute Gasteiger partial charge is 0.279 e. The van der Waals surface area contributed by atoms with Crippen LogP contribution in [0.4, 0.5) is 0 Å². The Labute approximate surface area is 141 Å². The topological polar surface area (TPSA) is 50.1 Å². The molecule has 0 spiro atoms. The molecule has 0 aliphatic heterocycles. The van der Waals surface area contributed by atoms with Crippen LogP contribution < -0.4 is 10.5 Å². The van der Waals surface area contributed by atoms with Crippen LogP contribution in [-0.4, -0.2) is 12.0 Å². The molecule has 0 aliphatic rings. The summed E-state index contributed by atoms with van der Waals surface area (Å²) in [5.41, 5.74) is 9.83. The number of carbonyl (C=O) groups is 1. The first kappa shape index (κ1) is 19.5. The third kappa shape index (κ3) is 4.49. The lowest BCUT2D eigenvalue weighted by Gasteiger charge is -2.31. The predicted molar refractivity (Wildman–Crippen MR) is 95.9 cm³/mol. The fourth-order valence-corrected chi connectivity index (χ4v) is 2.45. The SMILES string of the molecule is CCC(Oc1ccc(C(C)(C)CC)cc1C(C)(C)CC)C([NH])=O. The van der Waals surface area contributed by atoms with Crippen molar-refractivity contribution in [1.29, 1.82) is 0 Å². The molecule has 1 aromatic rings. The normalized spacial score (nSPS) is 13.7. The van der Waals surface area contributed by atoms with Gasteiger partial charge in [0, 0.05) is 5.56 Å². The minimum Gasteiger partial charge on any atom is -0.480 e. The van der Waals surface area contributed by atoms with Crippen molar-refractivity contribution >= 4 is 5.91 Å². The Bertz CT molecular complexity index is 547. The predicted octanol–water partition coefficient (Wildman–Crippen LogP) is 5.03. The first-order valence-electron chi connectivity index (χ1n) is 8.66. The first-order chi connectivity index (χ1) is 10.6. The zero-order valence-electron chi connectivity index (χ0n) is 15.7. The van der Waals surface area contributed by atoms with Gasteiger partial charge in [-0.3, -0.25) is 10.5 Å². The fourth-order valence-electron chi connectivity index (χ4n) is 2.45. The van der Waals surface area contributed by atoms with Gasteiger partial charge in [0.2, 0.25) is 0 Å². The Balaban J connectivity index is 3.38. The zero-order chi connectivity index (χ0) is 17.8. The van der Waals surface area contributed by atoms with Crippen molar-refractivity contribution in [1.82, 2.24) is 5.73 Å². The van der Waals surface area contributed by atoms with Crippen LogP contribution in [0.25, 0.3) is 0 Å². The standard InChI is InChI=1S/C20H32NO2/c1-8-16(18(21)22)23-17-12-11-14(19(4,5)9-2)13-15(17)20(6,7)10-3/h11-13,16,21H,8-10H2,1-7H3. The number of hydrogen-bond donors (Lipinski definition) is 0. The molecule has 0 saturated carbocycles. The maximum Gasteiger partial charge on any atom is 0.279 e. The highest BCUT2D eigenvalue weighted by atomic mass is 16.5. The molecule has 1 aromatic carbocycles. The van der Waals surface area contributed by atoms with Gasteiger partial charge in [-0.2, -0.15) is 0 Å². The van der Waals surface area contributed by atoms with E-state index in [0.717, 1.165) is 24.2 Å². The quantitative estimate of drug-likeness (QED) is 0.675. The van der Waals surface area contributed by atoms with Crippen LogP contribution in [0.1, 0.15) is 78.9 Å². The van der Waals surface area contributed by atoms with Crippen molar-refractivity contribution in [3.05, 3.63) is 29.3 Å². The van der Waals surface area contributed by atoms with E-state index in [9.17, 15) is 4.79 Å². The molecule has 0 saturated heterocycles. The van der Waals surface area contributed by atoms with E-state index in [1.54, 1.807) is 0 Å². The average Bonchev–Trinajstić information content (AvgIpc) is 2.51. The third-order valence-corrected chi connectivity index (χ3v) is 5.19. The number of hydrogen-bond acceptors (Lipinski definition) is 2. The van der Waals surface area contributed by atoms with Crippen LogP contribution in [0, 0.1) is 0 Å². The molecule has 1 radical (unpaired) electrons. The lowest BCUT2D eigenvalue weighted by Crippen LogP contribution is -2.29. The highest BCUT2D eigenvalue weighted by Gasteiger charge is 2.28. The molecule has 129 valence electrons. The van der Waals surface area contributed by atoms with E-state index in [4.69, 9.17) is 10.5 Å². The molecule has 0 bridgehead atoms. The van der Waals surface area contributed by atoms with E-state index in [1.807, 2.05) is 13.0 Å². The number of rotatable bonds is 8. The summed E-state index contributed by atoms with van der Waals surface area (Å²) < 4.78 is 5.91. The van der Waals surface area contributed by atoms with Gasteiger partial charge in [0.05, 0.1) is 0 Å². The molecule has 1 rings (SSSR count). The number of carbonyl (C=O) groups excluding carboxylic acids is 1. The second kappa shape index (κ2) is 7.37. The molecule has 1 amide bonds. The molecular formula is C20H32NO2.